The van der Waals surface area contributed by atoms with Gasteiger partial charge in [0.15, 0.2) is 9.84 Å². The number of sulfone groups is 1. The molecule has 2 rings (SSSR count). The third-order valence-electron chi connectivity index (χ3n) is 3.03. The van der Waals surface area contributed by atoms with Gasteiger partial charge in [-0.1, -0.05) is 23.8 Å². The molecule has 1 fully saturated rings. The number of hydrogen-bond donors (Lipinski definition) is 1. The normalized spacial score (nSPS) is 24.2. The van der Waals surface area contributed by atoms with Crippen LogP contribution in [0.15, 0.2) is 18.2 Å². The molecule has 1 aromatic rings. The van der Waals surface area contributed by atoms with Crippen molar-refractivity contribution in [2.45, 2.75) is 19.9 Å². The lowest BCUT2D eigenvalue weighted by Gasteiger charge is -2.25. The minimum atomic E-state index is -2.87. The molecule has 0 amide bonds. The predicted octanol–water partition coefficient (Wildman–Crippen LogP) is 1.36. The standard InChI is InChI=1S/C12H17NO2S/c1-9-3-4-10(2)11(7-9)12-8-16(14,15)6-5-13-12/h3-4,7,12-13H,5-6,8H2,1-2H3. The average molecular weight is 239 g/mol. The Bertz CT molecular complexity index is 494. The van der Waals surface area contributed by atoms with E-state index in [1.807, 2.05) is 19.9 Å². The Morgan fingerprint density at radius 2 is 2.06 bits per heavy atom. The lowest BCUT2D eigenvalue weighted by Crippen LogP contribution is -2.39. The molecule has 0 spiro atoms. The molecule has 1 aliphatic heterocycles. The van der Waals surface area contributed by atoms with E-state index in [0.29, 0.717) is 6.54 Å². The van der Waals surface area contributed by atoms with Gasteiger partial charge in [-0.3, -0.25) is 0 Å². The van der Waals surface area contributed by atoms with E-state index in [1.54, 1.807) is 0 Å². The van der Waals surface area contributed by atoms with E-state index in [4.69, 9.17) is 0 Å². The van der Waals surface area contributed by atoms with E-state index in [9.17, 15) is 8.42 Å². The Labute approximate surface area is 96.8 Å². The van der Waals surface area contributed by atoms with Gasteiger partial charge in [-0.15, -0.1) is 0 Å². The molecule has 1 atom stereocenters. The van der Waals surface area contributed by atoms with Gasteiger partial charge in [0.1, 0.15) is 0 Å². The third kappa shape index (κ3) is 2.44. The quantitative estimate of drug-likeness (QED) is 0.805. The second-order valence-electron chi connectivity index (χ2n) is 4.48. The van der Waals surface area contributed by atoms with Crippen LogP contribution in [0, 0.1) is 13.8 Å². The fourth-order valence-corrected chi connectivity index (χ4v) is 3.52. The summed E-state index contributed by atoms with van der Waals surface area (Å²) in [5, 5.41) is 3.28. The van der Waals surface area contributed by atoms with Gasteiger partial charge in [-0.05, 0) is 25.0 Å². The predicted molar refractivity (Wildman–Crippen MR) is 65.3 cm³/mol. The van der Waals surface area contributed by atoms with E-state index in [1.165, 1.54) is 5.56 Å². The zero-order valence-electron chi connectivity index (χ0n) is 9.66. The molecule has 0 radical (unpaired) electrons. The molecule has 88 valence electrons. The van der Waals surface area contributed by atoms with Gasteiger partial charge in [0.2, 0.25) is 0 Å². The van der Waals surface area contributed by atoms with E-state index >= 15 is 0 Å². The monoisotopic (exact) mass is 239 g/mol. The van der Waals surface area contributed by atoms with E-state index in [0.717, 1.165) is 11.1 Å². The summed E-state index contributed by atoms with van der Waals surface area (Å²) in [6.45, 7) is 4.61. The van der Waals surface area contributed by atoms with Crippen molar-refractivity contribution < 1.29 is 8.42 Å². The van der Waals surface area contributed by atoms with Crippen LogP contribution in [0.5, 0.6) is 0 Å². The average Bonchev–Trinajstić information content (AvgIpc) is 2.20. The summed E-state index contributed by atoms with van der Waals surface area (Å²) in [7, 11) is -2.87. The molecule has 16 heavy (non-hydrogen) atoms. The van der Waals surface area contributed by atoms with Crippen LogP contribution in [0.25, 0.3) is 0 Å². The molecule has 4 heteroatoms. The number of aryl methyl sites for hydroxylation is 2. The second kappa shape index (κ2) is 4.18. The molecule has 0 saturated carbocycles. The van der Waals surface area contributed by atoms with Gasteiger partial charge >= 0.3 is 0 Å². The van der Waals surface area contributed by atoms with Crippen LogP contribution >= 0.6 is 0 Å². The molecular weight excluding hydrogens is 222 g/mol. The maximum atomic E-state index is 11.6. The number of rotatable bonds is 1. The highest BCUT2D eigenvalue weighted by molar-refractivity contribution is 7.91. The van der Waals surface area contributed by atoms with E-state index in [2.05, 4.69) is 17.4 Å². The molecule has 1 unspecified atom stereocenters. The van der Waals surface area contributed by atoms with Gasteiger partial charge in [0.25, 0.3) is 0 Å². The van der Waals surface area contributed by atoms with Gasteiger partial charge in [0.05, 0.1) is 11.5 Å². The van der Waals surface area contributed by atoms with Crippen LogP contribution in [0.1, 0.15) is 22.7 Å². The summed E-state index contributed by atoms with van der Waals surface area (Å²) in [6, 6.07) is 6.14. The molecule has 1 aliphatic rings. The molecule has 1 heterocycles. The molecule has 1 N–H and O–H groups in total. The Morgan fingerprint density at radius 1 is 1.31 bits per heavy atom. The summed E-state index contributed by atoms with van der Waals surface area (Å²) in [4.78, 5) is 0. The van der Waals surface area contributed by atoms with Crippen LogP contribution in [0.2, 0.25) is 0 Å². The maximum absolute atomic E-state index is 11.6. The lowest BCUT2D eigenvalue weighted by molar-refractivity contribution is 0.529. The summed E-state index contributed by atoms with van der Waals surface area (Å²) >= 11 is 0. The van der Waals surface area contributed by atoms with Crippen molar-refractivity contribution in [3.63, 3.8) is 0 Å². The SMILES string of the molecule is Cc1ccc(C)c(C2CS(=O)(=O)CCN2)c1. The van der Waals surface area contributed by atoms with Crippen molar-refractivity contribution in [2.24, 2.45) is 0 Å². The first-order valence-electron chi connectivity index (χ1n) is 5.49. The van der Waals surface area contributed by atoms with Gasteiger partial charge in [0, 0.05) is 12.6 Å². The molecule has 1 aromatic carbocycles. The molecule has 1 saturated heterocycles. The fraction of sp³-hybridized carbons (Fsp3) is 0.500. The zero-order valence-corrected chi connectivity index (χ0v) is 10.5. The highest BCUT2D eigenvalue weighted by Gasteiger charge is 2.26. The second-order valence-corrected chi connectivity index (χ2v) is 6.71. The Hall–Kier alpha value is -0.870. The molecule has 0 aromatic heterocycles. The Balaban J connectivity index is 2.33. The third-order valence-corrected chi connectivity index (χ3v) is 4.70. The van der Waals surface area contributed by atoms with Crippen LogP contribution in [0.4, 0.5) is 0 Å². The van der Waals surface area contributed by atoms with Crippen molar-refractivity contribution in [2.75, 3.05) is 18.1 Å². The molecular formula is C12H17NO2S. The minimum Gasteiger partial charge on any atom is -0.308 e. The highest BCUT2D eigenvalue weighted by atomic mass is 32.2. The van der Waals surface area contributed by atoms with Crippen molar-refractivity contribution in [3.05, 3.63) is 34.9 Å². The molecule has 0 aliphatic carbocycles. The van der Waals surface area contributed by atoms with Crippen LogP contribution < -0.4 is 5.32 Å². The fourth-order valence-electron chi connectivity index (χ4n) is 2.12. The largest absolute Gasteiger partial charge is 0.308 e. The van der Waals surface area contributed by atoms with E-state index in [-0.39, 0.29) is 17.5 Å². The zero-order chi connectivity index (χ0) is 11.8. The first-order valence-corrected chi connectivity index (χ1v) is 7.31. The summed E-state index contributed by atoms with van der Waals surface area (Å²) in [5.74, 6) is 0.478. The van der Waals surface area contributed by atoms with Crippen LogP contribution in [-0.4, -0.2) is 26.5 Å². The summed E-state index contributed by atoms with van der Waals surface area (Å²) in [6.07, 6.45) is 0. The Kier molecular flexibility index (Phi) is 3.04. The van der Waals surface area contributed by atoms with Crippen LogP contribution in [-0.2, 0) is 9.84 Å². The topological polar surface area (TPSA) is 46.2 Å². The summed E-state index contributed by atoms with van der Waals surface area (Å²) in [5.41, 5.74) is 3.44. The summed E-state index contributed by atoms with van der Waals surface area (Å²) < 4.78 is 23.2. The molecule has 0 bridgehead atoms. The Morgan fingerprint density at radius 3 is 2.75 bits per heavy atom. The number of nitrogens with one attached hydrogen (secondary N) is 1. The smallest absolute Gasteiger partial charge is 0.153 e. The highest BCUT2D eigenvalue weighted by Crippen LogP contribution is 2.22. The van der Waals surface area contributed by atoms with Gasteiger partial charge in [-0.2, -0.15) is 0 Å². The number of hydrogen-bond acceptors (Lipinski definition) is 3. The lowest BCUT2D eigenvalue weighted by atomic mass is 10.00. The van der Waals surface area contributed by atoms with Gasteiger partial charge in [-0.25, -0.2) is 8.42 Å². The van der Waals surface area contributed by atoms with Crippen molar-refractivity contribution in [1.82, 2.24) is 5.32 Å². The van der Waals surface area contributed by atoms with Crippen LogP contribution in [0.3, 0.4) is 0 Å². The van der Waals surface area contributed by atoms with E-state index < -0.39 is 9.84 Å². The molecule has 3 nitrogen and oxygen atoms in total. The minimum absolute atomic E-state index is 0.0429. The number of benzene rings is 1. The van der Waals surface area contributed by atoms with Crippen molar-refractivity contribution in [3.8, 4) is 0 Å². The maximum Gasteiger partial charge on any atom is 0.153 e. The first kappa shape index (κ1) is 11.6. The van der Waals surface area contributed by atoms with Crippen molar-refractivity contribution in [1.29, 1.82) is 0 Å². The van der Waals surface area contributed by atoms with Crippen molar-refractivity contribution >= 4 is 9.84 Å². The van der Waals surface area contributed by atoms with Gasteiger partial charge < -0.3 is 5.32 Å². The first-order chi connectivity index (χ1) is 7.48.